The molecular weight excluding hydrogens is 302 g/mol. The quantitative estimate of drug-likeness (QED) is 0.742. The topological polar surface area (TPSA) is 50.8 Å². The molecule has 124 valence electrons. The number of rotatable bonds is 3. The Balaban J connectivity index is 1.64. The molecular formula is C19H21N3O2. The third-order valence-electron chi connectivity index (χ3n) is 4.84. The van der Waals surface area contributed by atoms with Crippen LogP contribution in [0.3, 0.4) is 0 Å². The van der Waals surface area contributed by atoms with E-state index in [1.54, 1.807) is 22.9 Å². The molecule has 2 atom stereocenters. The Kier molecular flexibility index (Phi) is 3.94. The summed E-state index contributed by atoms with van der Waals surface area (Å²) in [5.74, 6) is 1.67. The van der Waals surface area contributed by atoms with Gasteiger partial charge in [-0.2, -0.15) is 0 Å². The molecule has 1 aliphatic rings. The first-order chi connectivity index (χ1) is 11.7. The summed E-state index contributed by atoms with van der Waals surface area (Å²) < 4.78 is 7.23. The third kappa shape index (κ3) is 2.87. The monoisotopic (exact) mass is 323 g/mol. The molecule has 0 bridgehead atoms. The summed E-state index contributed by atoms with van der Waals surface area (Å²) in [6.07, 6.45) is 5.71. The summed E-state index contributed by atoms with van der Waals surface area (Å²) in [5, 5.41) is 0. The minimum Gasteiger partial charge on any atom is -0.468 e. The second-order valence-corrected chi connectivity index (χ2v) is 6.65. The Hall–Kier alpha value is -2.40. The van der Waals surface area contributed by atoms with Crippen LogP contribution in [0, 0.1) is 5.92 Å². The summed E-state index contributed by atoms with van der Waals surface area (Å²) in [4.78, 5) is 19.3. The van der Waals surface area contributed by atoms with Gasteiger partial charge in [0.2, 0.25) is 0 Å². The van der Waals surface area contributed by atoms with Gasteiger partial charge in [-0.25, -0.2) is 4.98 Å². The van der Waals surface area contributed by atoms with Gasteiger partial charge in [-0.05, 0) is 49.6 Å². The maximum absolute atomic E-state index is 12.3. The van der Waals surface area contributed by atoms with E-state index in [0.717, 1.165) is 30.8 Å². The molecule has 0 aromatic carbocycles. The van der Waals surface area contributed by atoms with Gasteiger partial charge < -0.3 is 4.42 Å². The molecule has 3 aromatic heterocycles. The maximum Gasteiger partial charge on any atom is 0.258 e. The van der Waals surface area contributed by atoms with Crippen molar-refractivity contribution in [3.05, 3.63) is 70.7 Å². The van der Waals surface area contributed by atoms with Crippen molar-refractivity contribution in [2.45, 2.75) is 32.4 Å². The lowest BCUT2D eigenvalue weighted by atomic mass is 9.91. The van der Waals surface area contributed by atoms with E-state index in [4.69, 9.17) is 4.42 Å². The number of fused-ring (bicyclic) bond motifs is 1. The molecule has 0 saturated carbocycles. The highest BCUT2D eigenvalue weighted by Gasteiger charge is 2.29. The second-order valence-electron chi connectivity index (χ2n) is 6.65. The van der Waals surface area contributed by atoms with E-state index in [1.807, 2.05) is 30.3 Å². The SMILES string of the molecule is C[C@@H]1CCN(Cc2cc(=O)n3ccccc3n2)[C@@H](c2ccco2)C1. The number of nitrogens with zero attached hydrogens (tertiary/aromatic N) is 3. The summed E-state index contributed by atoms with van der Waals surface area (Å²) in [6.45, 7) is 3.94. The summed E-state index contributed by atoms with van der Waals surface area (Å²) in [5.41, 5.74) is 1.48. The van der Waals surface area contributed by atoms with Gasteiger partial charge in [0.05, 0.1) is 18.0 Å². The van der Waals surface area contributed by atoms with Gasteiger partial charge in [-0.3, -0.25) is 14.1 Å². The van der Waals surface area contributed by atoms with Crippen molar-refractivity contribution >= 4 is 5.65 Å². The number of hydrogen-bond donors (Lipinski definition) is 0. The summed E-state index contributed by atoms with van der Waals surface area (Å²) in [6, 6.07) is 11.5. The van der Waals surface area contributed by atoms with Gasteiger partial charge in [0.15, 0.2) is 0 Å². The Morgan fingerprint density at radius 1 is 1.29 bits per heavy atom. The molecule has 0 radical (unpaired) electrons. The highest BCUT2D eigenvalue weighted by molar-refractivity contribution is 5.38. The largest absolute Gasteiger partial charge is 0.468 e. The lowest BCUT2D eigenvalue weighted by Gasteiger charge is -2.37. The van der Waals surface area contributed by atoms with Crippen LogP contribution in [0.1, 0.15) is 37.3 Å². The van der Waals surface area contributed by atoms with Gasteiger partial charge in [0.25, 0.3) is 5.56 Å². The number of aromatic nitrogens is 2. The first kappa shape index (κ1) is 15.1. The molecule has 0 aliphatic carbocycles. The van der Waals surface area contributed by atoms with Crippen LogP contribution in [-0.4, -0.2) is 20.8 Å². The van der Waals surface area contributed by atoms with Crippen LogP contribution in [0.15, 0.2) is 58.1 Å². The predicted molar refractivity (Wildman–Crippen MR) is 91.7 cm³/mol. The Labute approximate surface area is 140 Å². The average Bonchev–Trinajstić information content (AvgIpc) is 3.11. The molecule has 0 spiro atoms. The highest BCUT2D eigenvalue weighted by Crippen LogP contribution is 2.34. The molecule has 1 saturated heterocycles. The predicted octanol–water partition coefficient (Wildman–Crippen LogP) is 3.26. The van der Waals surface area contributed by atoms with Gasteiger partial charge in [-0.15, -0.1) is 0 Å². The van der Waals surface area contributed by atoms with Crippen molar-refractivity contribution in [1.29, 1.82) is 0 Å². The number of hydrogen-bond acceptors (Lipinski definition) is 4. The third-order valence-corrected chi connectivity index (χ3v) is 4.84. The van der Waals surface area contributed by atoms with E-state index in [0.29, 0.717) is 18.1 Å². The van der Waals surface area contributed by atoms with Crippen LogP contribution in [-0.2, 0) is 6.54 Å². The van der Waals surface area contributed by atoms with Crippen LogP contribution in [0.5, 0.6) is 0 Å². The fraction of sp³-hybridized carbons (Fsp3) is 0.368. The van der Waals surface area contributed by atoms with E-state index in [1.165, 1.54) is 0 Å². The Morgan fingerprint density at radius 3 is 3.04 bits per heavy atom. The van der Waals surface area contributed by atoms with Crippen LogP contribution in [0.2, 0.25) is 0 Å². The van der Waals surface area contributed by atoms with Gasteiger partial charge in [0, 0.05) is 18.8 Å². The van der Waals surface area contributed by atoms with Gasteiger partial charge in [0.1, 0.15) is 11.4 Å². The fourth-order valence-corrected chi connectivity index (χ4v) is 3.55. The molecule has 5 nitrogen and oxygen atoms in total. The zero-order valence-electron chi connectivity index (χ0n) is 13.8. The zero-order chi connectivity index (χ0) is 16.5. The average molecular weight is 323 g/mol. The minimum atomic E-state index is -0.0319. The van der Waals surface area contributed by atoms with E-state index in [-0.39, 0.29) is 11.6 Å². The Morgan fingerprint density at radius 2 is 2.21 bits per heavy atom. The lowest BCUT2D eigenvalue weighted by molar-refractivity contribution is 0.0932. The number of furan rings is 1. The minimum absolute atomic E-state index is 0.0319. The molecule has 0 N–H and O–H groups in total. The highest BCUT2D eigenvalue weighted by atomic mass is 16.3. The fourth-order valence-electron chi connectivity index (χ4n) is 3.55. The molecule has 1 aliphatic heterocycles. The molecule has 5 heteroatoms. The number of pyridine rings is 1. The van der Waals surface area contributed by atoms with E-state index in [2.05, 4.69) is 16.8 Å². The van der Waals surface area contributed by atoms with Crippen LogP contribution >= 0.6 is 0 Å². The molecule has 1 fully saturated rings. The van der Waals surface area contributed by atoms with Crippen molar-refractivity contribution in [3.8, 4) is 0 Å². The van der Waals surface area contributed by atoms with Gasteiger partial charge in [-0.1, -0.05) is 13.0 Å². The molecule has 0 unspecified atom stereocenters. The van der Waals surface area contributed by atoms with Crippen molar-refractivity contribution in [1.82, 2.24) is 14.3 Å². The molecule has 4 rings (SSSR count). The standard InChI is InChI=1S/C19H21N3O2/c1-14-7-9-21(16(11-14)17-5-4-10-24-17)13-15-12-19(23)22-8-3-2-6-18(22)20-15/h2-6,8,10,12,14,16H,7,9,11,13H2,1H3/t14-,16-/m1/s1. The lowest BCUT2D eigenvalue weighted by Crippen LogP contribution is -2.36. The first-order valence-electron chi connectivity index (χ1n) is 8.45. The van der Waals surface area contributed by atoms with Crippen molar-refractivity contribution in [3.63, 3.8) is 0 Å². The Bertz CT molecular complexity index is 885. The van der Waals surface area contributed by atoms with E-state index in [9.17, 15) is 4.79 Å². The smallest absolute Gasteiger partial charge is 0.258 e. The zero-order valence-corrected chi connectivity index (χ0v) is 13.8. The molecule has 24 heavy (non-hydrogen) atoms. The van der Waals surface area contributed by atoms with E-state index < -0.39 is 0 Å². The number of likely N-dealkylation sites (tertiary alicyclic amines) is 1. The molecule has 0 amide bonds. The van der Waals surface area contributed by atoms with Crippen LogP contribution in [0.4, 0.5) is 0 Å². The second kappa shape index (κ2) is 6.24. The van der Waals surface area contributed by atoms with Gasteiger partial charge >= 0.3 is 0 Å². The first-order valence-corrected chi connectivity index (χ1v) is 8.45. The summed E-state index contributed by atoms with van der Waals surface area (Å²) in [7, 11) is 0. The maximum atomic E-state index is 12.3. The number of piperidine rings is 1. The van der Waals surface area contributed by atoms with E-state index >= 15 is 0 Å². The summed E-state index contributed by atoms with van der Waals surface area (Å²) >= 11 is 0. The van der Waals surface area contributed by atoms with Crippen molar-refractivity contribution in [2.24, 2.45) is 5.92 Å². The van der Waals surface area contributed by atoms with Crippen molar-refractivity contribution < 1.29 is 4.42 Å². The van der Waals surface area contributed by atoms with Crippen LogP contribution in [0.25, 0.3) is 5.65 Å². The van der Waals surface area contributed by atoms with Crippen LogP contribution < -0.4 is 5.56 Å². The normalized spacial score (nSPS) is 22.0. The molecule has 4 heterocycles. The van der Waals surface area contributed by atoms with Crippen molar-refractivity contribution in [2.75, 3.05) is 6.54 Å². The molecule has 3 aromatic rings.